The molecule has 1 amide bonds. The summed E-state index contributed by atoms with van der Waals surface area (Å²) in [6, 6.07) is 4.91. The van der Waals surface area contributed by atoms with Crippen LogP contribution < -0.4 is 5.32 Å². The number of rotatable bonds is 4. The Labute approximate surface area is 145 Å². The van der Waals surface area contributed by atoms with E-state index in [1.54, 1.807) is 0 Å². The first-order chi connectivity index (χ1) is 11.4. The first-order valence-corrected chi connectivity index (χ1v) is 9.03. The van der Waals surface area contributed by atoms with Crippen LogP contribution in [0.4, 0.5) is 4.79 Å². The predicted molar refractivity (Wildman–Crippen MR) is 95.9 cm³/mol. The molecule has 2 rings (SSSR count). The Hall–Kier alpha value is -1.62. The normalized spacial score (nSPS) is 20.3. The molecule has 5 heteroatoms. The third kappa shape index (κ3) is 5.78. The molecule has 1 fully saturated rings. The van der Waals surface area contributed by atoms with Crippen molar-refractivity contribution >= 4 is 6.09 Å². The van der Waals surface area contributed by atoms with Gasteiger partial charge in [0.25, 0.3) is 0 Å². The van der Waals surface area contributed by atoms with Gasteiger partial charge in [-0.3, -0.25) is 4.98 Å². The van der Waals surface area contributed by atoms with E-state index in [0.29, 0.717) is 12.1 Å². The second kappa shape index (κ2) is 8.47. The number of hydrogen-bond donors (Lipinski definition) is 1. The zero-order valence-corrected chi connectivity index (χ0v) is 15.4. The Bertz CT molecular complexity index is 513. The number of aromatic nitrogens is 1. The molecule has 1 aromatic heterocycles. The molecule has 2 heterocycles. The summed E-state index contributed by atoms with van der Waals surface area (Å²) < 4.78 is 5.50. The van der Waals surface area contributed by atoms with Gasteiger partial charge in [-0.05, 0) is 64.2 Å². The van der Waals surface area contributed by atoms with Crippen molar-refractivity contribution in [3.8, 4) is 0 Å². The van der Waals surface area contributed by atoms with Crippen LogP contribution in [0.15, 0.2) is 24.5 Å². The molecular formula is C19H31N3O2. The molecule has 1 aromatic rings. The highest BCUT2D eigenvalue weighted by molar-refractivity contribution is 5.68. The van der Waals surface area contributed by atoms with Crippen molar-refractivity contribution in [3.63, 3.8) is 0 Å². The van der Waals surface area contributed by atoms with Gasteiger partial charge in [-0.1, -0.05) is 6.92 Å². The van der Waals surface area contributed by atoms with Gasteiger partial charge in [-0.2, -0.15) is 0 Å². The van der Waals surface area contributed by atoms with E-state index >= 15 is 0 Å². The summed E-state index contributed by atoms with van der Waals surface area (Å²) in [7, 11) is 0. The van der Waals surface area contributed by atoms with Gasteiger partial charge in [0.2, 0.25) is 0 Å². The van der Waals surface area contributed by atoms with E-state index in [9.17, 15) is 4.79 Å². The molecule has 1 aliphatic heterocycles. The Morgan fingerprint density at radius 2 is 2.04 bits per heavy atom. The molecule has 1 N–H and O–H groups in total. The largest absolute Gasteiger partial charge is 0.444 e. The molecule has 0 saturated carbocycles. The summed E-state index contributed by atoms with van der Waals surface area (Å²) in [5, 5.41) is 3.76. The van der Waals surface area contributed by atoms with Crippen molar-refractivity contribution in [3.05, 3.63) is 30.1 Å². The van der Waals surface area contributed by atoms with Gasteiger partial charge in [0, 0.05) is 37.6 Å². The summed E-state index contributed by atoms with van der Waals surface area (Å²) in [4.78, 5) is 18.2. The van der Waals surface area contributed by atoms with Crippen LogP contribution in [-0.4, -0.2) is 40.7 Å². The highest BCUT2D eigenvalue weighted by atomic mass is 16.6. The zero-order chi connectivity index (χ0) is 17.6. The Balaban J connectivity index is 1.89. The highest BCUT2D eigenvalue weighted by Gasteiger charge is 2.26. The lowest BCUT2D eigenvalue weighted by Gasteiger charge is -2.27. The zero-order valence-electron chi connectivity index (χ0n) is 15.4. The number of likely N-dealkylation sites (tertiary alicyclic amines) is 1. The van der Waals surface area contributed by atoms with Crippen LogP contribution in [0.2, 0.25) is 0 Å². The maximum atomic E-state index is 12.2. The number of amides is 1. The minimum Gasteiger partial charge on any atom is -0.444 e. The summed E-state index contributed by atoms with van der Waals surface area (Å²) >= 11 is 0. The smallest absolute Gasteiger partial charge is 0.410 e. The molecule has 0 radical (unpaired) electrons. The van der Waals surface area contributed by atoms with E-state index in [0.717, 1.165) is 38.8 Å². The lowest BCUT2D eigenvalue weighted by Crippen LogP contribution is -2.38. The fraction of sp³-hybridized carbons (Fsp3) is 0.684. The average molecular weight is 333 g/mol. The fourth-order valence-corrected chi connectivity index (χ4v) is 3.10. The molecule has 134 valence electrons. The third-order valence-electron chi connectivity index (χ3n) is 4.33. The molecule has 0 aliphatic carbocycles. The van der Waals surface area contributed by atoms with Crippen molar-refractivity contribution in [1.29, 1.82) is 0 Å². The minimum atomic E-state index is -0.435. The van der Waals surface area contributed by atoms with E-state index in [1.165, 1.54) is 5.56 Å². The second-order valence-corrected chi connectivity index (χ2v) is 7.50. The van der Waals surface area contributed by atoms with Crippen LogP contribution >= 0.6 is 0 Å². The van der Waals surface area contributed by atoms with Crippen LogP contribution in [0.3, 0.4) is 0 Å². The van der Waals surface area contributed by atoms with Crippen LogP contribution in [0.25, 0.3) is 0 Å². The van der Waals surface area contributed by atoms with Gasteiger partial charge in [-0.25, -0.2) is 4.79 Å². The van der Waals surface area contributed by atoms with E-state index in [2.05, 4.69) is 29.4 Å². The quantitative estimate of drug-likeness (QED) is 0.907. The summed E-state index contributed by atoms with van der Waals surface area (Å²) in [6.07, 6.45) is 7.58. The number of carbonyl (C=O) groups is 1. The van der Waals surface area contributed by atoms with Crippen molar-refractivity contribution in [1.82, 2.24) is 15.2 Å². The molecular weight excluding hydrogens is 302 g/mol. The van der Waals surface area contributed by atoms with Gasteiger partial charge in [0.05, 0.1) is 0 Å². The van der Waals surface area contributed by atoms with Crippen LogP contribution in [0, 0.1) is 0 Å². The molecule has 0 aromatic carbocycles. The van der Waals surface area contributed by atoms with Crippen LogP contribution in [0.1, 0.15) is 65.0 Å². The van der Waals surface area contributed by atoms with Crippen LogP contribution in [0.5, 0.6) is 0 Å². The molecule has 2 atom stereocenters. The van der Waals surface area contributed by atoms with Crippen LogP contribution in [-0.2, 0) is 4.74 Å². The number of carbonyl (C=O) groups excluding carboxylic acids is 1. The van der Waals surface area contributed by atoms with E-state index in [4.69, 9.17) is 4.74 Å². The molecule has 1 saturated heterocycles. The topological polar surface area (TPSA) is 54.5 Å². The summed E-state index contributed by atoms with van der Waals surface area (Å²) in [5.74, 6) is 0. The highest BCUT2D eigenvalue weighted by Crippen LogP contribution is 2.21. The van der Waals surface area contributed by atoms with Gasteiger partial charge in [-0.15, -0.1) is 0 Å². The van der Waals surface area contributed by atoms with Crippen molar-refractivity contribution in [2.75, 3.05) is 13.1 Å². The number of nitrogens with zero attached hydrogens (tertiary/aromatic N) is 2. The van der Waals surface area contributed by atoms with Gasteiger partial charge in [0.15, 0.2) is 0 Å². The Morgan fingerprint density at radius 3 is 2.67 bits per heavy atom. The van der Waals surface area contributed by atoms with Gasteiger partial charge in [0.1, 0.15) is 5.60 Å². The maximum absolute atomic E-state index is 12.2. The van der Waals surface area contributed by atoms with Crippen molar-refractivity contribution in [2.24, 2.45) is 0 Å². The van der Waals surface area contributed by atoms with Crippen molar-refractivity contribution < 1.29 is 9.53 Å². The SMILES string of the molecule is CC[C@H](N[C@H]1CCCN(C(=O)OC(C)(C)C)CC1)c1ccncc1. The molecule has 5 nitrogen and oxygen atoms in total. The van der Waals surface area contributed by atoms with Crippen molar-refractivity contribution in [2.45, 2.75) is 71.1 Å². The monoisotopic (exact) mass is 333 g/mol. The second-order valence-electron chi connectivity index (χ2n) is 7.50. The Morgan fingerprint density at radius 1 is 1.33 bits per heavy atom. The van der Waals surface area contributed by atoms with Gasteiger partial charge >= 0.3 is 6.09 Å². The molecule has 0 bridgehead atoms. The third-order valence-corrected chi connectivity index (χ3v) is 4.33. The lowest BCUT2D eigenvalue weighted by molar-refractivity contribution is 0.0256. The molecule has 0 unspecified atom stereocenters. The first kappa shape index (κ1) is 18.7. The summed E-state index contributed by atoms with van der Waals surface area (Å²) in [6.45, 7) is 9.45. The Kier molecular flexibility index (Phi) is 6.60. The molecule has 0 spiro atoms. The number of nitrogens with one attached hydrogen (secondary N) is 1. The standard InChI is InChI=1S/C19H31N3O2/c1-5-17(15-8-11-20-12-9-15)21-16-7-6-13-22(14-10-16)18(23)24-19(2,3)4/h8-9,11-12,16-17,21H,5-7,10,13-14H2,1-4H3/t16-,17-/m0/s1. The summed E-state index contributed by atoms with van der Waals surface area (Å²) in [5.41, 5.74) is 0.844. The predicted octanol–water partition coefficient (Wildman–Crippen LogP) is 3.91. The number of pyridine rings is 1. The average Bonchev–Trinajstić information content (AvgIpc) is 2.77. The molecule has 1 aliphatic rings. The fourth-order valence-electron chi connectivity index (χ4n) is 3.10. The number of hydrogen-bond acceptors (Lipinski definition) is 4. The molecule has 24 heavy (non-hydrogen) atoms. The minimum absolute atomic E-state index is 0.190. The van der Waals surface area contributed by atoms with E-state index < -0.39 is 5.60 Å². The van der Waals surface area contributed by atoms with E-state index in [1.807, 2.05) is 38.1 Å². The maximum Gasteiger partial charge on any atom is 0.410 e. The number of ether oxygens (including phenoxy) is 1. The van der Waals surface area contributed by atoms with Gasteiger partial charge < -0.3 is 15.0 Å². The van der Waals surface area contributed by atoms with E-state index in [-0.39, 0.29) is 6.09 Å². The lowest BCUT2D eigenvalue weighted by atomic mass is 10.0. The first-order valence-electron chi connectivity index (χ1n) is 9.03.